The zero-order chi connectivity index (χ0) is 22.0. The van der Waals surface area contributed by atoms with Crippen LogP contribution in [0.5, 0.6) is 0 Å². The van der Waals surface area contributed by atoms with E-state index in [1.807, 2.05) is 38.1 Å². The van der Waals surface area contributed by atoms with Gasteiger partial charge in [-0.05, 0) is 51.7 Å². The fourth-order valence-electron chi connectivity index (χ4n) is 3.56. The summed E-state index contributed by atoms with van der Waals surface area (Å²) in [6.45, 7) is 3.07. The standard InChI is InChI=1S/C23H24Cl2N2O3/c1-14-5-7-15(8-6-14)21(28)19-20(16-9-10-17(24)18(25)13-16)27(23(30)22(19)29)12-4-11-26(2)3/h5-10,13,20,28H,4,11-12H2,1-3H3/t20-/m1/s1. The minimum Gasteiger partial charge on any atom is -0.507 e. The van der Waals surface area contributed by atoms with Crippen LogP contribution < -0.4 is 0 Å². The molecule has 2 aromatic rings. The number of aryl methyl sites for hydroxylation is 1. The van der Waals surface area contributed by atoms with Gasteiger partial charge in [0, 0.05) is 12.1 Å². The molecule has 1 fully saturated rings. The second kappa shape index (κ2) is 9.21. The van der Waals surface area contributed by atoms with Crippen molar-refractivity contribution in [1.82, 2.24) is 9.80 Å². The number of amides is 1. The van der Waals surface area contributed by atoms with Gasteiger partial charge in [-0.2, -0.15) is 0 Å². The molecule has 0 spiro atoms. The topological polar surface area (TPSA) is 60.9 Å². The Morgan fingerprint density at radius 2 is 1.73 bits per heavy atom. The van der Waals surface area contributed by atoms with Gasteiger partial charge in [0.2, 0.25) is 0 Å². The molecule has 0 bridgehead atoms. The van der Waals surface area contributed by atoms with Crippen LogP contribution >= 0.6 is 23.2 Å². The number of carbonyl (C=O) groups excluding carboxylic acids is 2. The van der Waals surface area contributed by atoms with Crippen molar-refractivity contribution in [2.75, 3.05) is 27.2 Å². The summed E-state index contributed by atoms with van der Waals surface area (Å²) in [5.41, 5.74) is 2.20. The lowest BCUT2D eigenvalue weighted by Gasteiger charge is -2.26. The average Bonchev–Trinajstić information content (AvgIpc) is 2.95. The van der Waals surface area contributed by atoms with E-state index in [2.05, 4.69) is 0 Å². The summed E-state index contributed by atoms with van der Waals surface area (Å²) in [4.78, 5) is 29.3. The molecule has 1 aliphatic heterocycles. The monoisotopic (exact) mass is 446 g/mol. The first kappa shape index (κ1) is 22.3. The molecule has 2 aromatic carbocycles. The van der Waals surface area contributed by atoms with Gasteiger partial charge < -0.3 is 14.9 Å². The number of halogens is 2. The molecule has 1 atom stereocenters. The lowest BCUT2D eigenvalue weighted by Crippen LogP contribution is -2.32. The Bertz CT molecular complexity index is 1000. The van der Waals surface area contributed by atoms with Crippen LogP contribution in [0.25, 0.3) is 5.76 Å². The lowest BCUT2D eigenvalue weighted by atomic mass is 9.95. The fourth-order valence-corrected chi connectivity index (χ4v) is 3.87. The van der Waals surface area contributed by atoms with Crippen molar-refractivity contribution < 1.29 is 14.7 Å². The number of likely N-dealkylation sites (tertiary alicyclic amines) is 1. The summed E-state index contributed by atoms with van der Waals surface area (Å²) in [6, 6.07) is 11.4. The molecule has 158 valence electrons. The lowest BCUT2D eigenvalue weighted by molar-refractivity contribution is -0.139. The Labute approximate surface area is 186 Å². The van der Waals surface area contributed by atoms with E-state index in [0.717, 1.165) is 12.1 Å². The fraction of sp³-hybridized carbons (Fsp3) is 0.304. The minimum atomic E-state index is -0.733. The normalized spacial score (nSPS) is 18.5. The van der Waals surface area contributed by atoms with E-state index in [4.69, 9.17) is 23.2 Å². The van der Waals surface area contributed by atoms with Crippen LogP contribution in [0, 0.1) is 6.92 Å². The third-order valence-corrected chi connectivity index (χ3v) is 5.87. The SMILES string of the molecule is Cc1ccc(C(O)=C2C(=O)C(=O)N(CCCN(C)C)[C@@H]2c2ccc(Cl)c(Cl)c2)cc1. The highest BCUT2D eigenvalue weighted by Gasteiger charge is 2.45. The van der Waals surface area contributed by atoms with Crippen molar-refractivity contribution in [3.63, 3.8) is 0 Å². The predicted octanol–water partition coefficient (Wildman–Crippen LogP) is 4.68. The van der Waals surface area contributed by atoms with Gasteiger partial charge in [-0.25, -0.2) is 0 Å². The molecule has 0 unspecified atom stereocenters. The summed E-state index contributed by atoms with van der Waals surface area (Å²) < 4.78 is 0. The van der Waals surface area contributed by atoms with E-state index in [-0.39, 0.29) is 11.3 Å². The molecule has 1 saturated heterocycles. The number of ketones is 1. The Hall–Kier alpha value is -2.34. The molecule has 0 radical (unpaired) electrons. The van der Waals surface area contributed by atoms with E-state index in [1.165, 1.54) is 4.90 Å². The molecule has 3 rings (SSSR count). The second-order valence-corrected chi connectivity index (χ2v) is 8.50. The number of rotatable bonds is 6. The van der Waals surface area contributed by atoms with E-state index >= 15 is 0 Å². The maximum Gasteiger partial charge on any atom is 0.295 e. The summed E-state index contributed by atoms with van der Waals surface area (Å²) in [5, 5.41) is 11.7. The van der Waals surface area contributed by atoms with Gasteiger partial charge in [0.15, 0.2) is 0 Å². The van der Waals surface area contributed by atoms with Crippen LogP contribution in [-0.2, 0) is 9.59 Å². The molecular weight excluding hydrogens is 423 g/mol. The number of nitrogens with zero attached hydrogens (tertiary/aromatic N) is 2. The Kier molecular flexibility index (Phi) is 6.86. The Morgan fingerprint density at radius 1 is 1.07 bits per heavy atom. The quantitative estimate of drug-likeness (QED) is 0.397. The molecule has 0 aliphatic carbocycles. The van der Waals surface area contributed by atoms with Crippen molar-refractivity contribution >= 4 is 40.7 Å². The molecular formula is C23H24Cl2N2O3. The van der Waals surface area contributed by atoms with Gasteiger partial charge in [0.05, 0.1) is 21.7 Å². The number of hydrogen-bond acceptors (Lipinski definition) is 4. The highest BCUT2D eigenvalue weighted by molar-refractivity contribution is 6.46. The van der Waals surface area contributed by atoms with Gasteiger partial charge >= 0.3 is 0 Å². The minimum absolute atomic E-state index is 0.0621. The summed E-state index contributed by atoms with van der Waals surface area (Å²) in [6.07, 6.45) is 0.683. The van der Waals surface area contributed by atoms with E-state index < -0.39 is 17.7 Å². The largest absolute Gasteiger partial charge is 0.507 e. The van der Waals surface area contributed by atoms with Gasteiger partial charge in [0.25, 0.3) is 11.7 Å². The molecule has 1 heterocycles. The third kappa shape index (κ3) is 4.53. The molecule has 7 heteroatoms. The predicted molar refractivity (Wildman–Crippen MR) is 120 cm³/mol. The number of benzene rings is 2. The summed E-state index contributed by atoms with van der Waals surface area (Å²) >= 11 is 12.3. The summed E-state index contributed by atoms with van der Waals surface area (Å²) in [7, 11) is 3.89. The van der Waals surface area contributed by atoms with Crippen molar-refractivity contribution in [2.45, 2.75) is 19.4 Å². The van der Waals surface area contributed by atoms with Crippen LogP contribution in [0.2, 0.25) is 10.0 Å². The molecule has 0 aromatic heterocycles. The van der Waals surface area contributed by atoms with Crippen LogP contribution in [0.4, 0.5) is 0 Å². The molecule has 1 amide bonds. The maximum absolute atomic E-state index is 13.0. The van der Waals surface area contributed by atoms with Gasteiger partial charge in [0.1, 0.15) is 5.76 Å². The van der Waals surface area contributed by atoms with E-state index in [1.54, 1.807) is 30.3 Å². The average molecular weight is 447 g/mol. The maximum atomic E-state index is 13.0. The number of hydrogen-bond donors (Lipinski definition) is 1. The van der Waals surface area contributed by atoms with Crippen molar-refractivity contribution in [3.8, 4) is 0 Å². The second-order valence-electron chi connectivity index (χ2n) is 7.69. The zero-order valence-electron chi connectivity index (χ0n) is 17.2. The van der Waals surface area contributed by atoms with E-state index in [9.17, 15) is 14.7 Å². The summed E-state index contributed by atoms with van der Waals surface area (Å²) in [5.74, 6) is -1.52. The number of aliphatic hydroxyl groups excluding tert-OH is 1. The Balaban J connectivity index is 2.11. The Morgan fingerprint density at radius 3 is 2.33 bits per heavy atom. The van der Waals surface area contributed by atoms with Crippen LogP contribution in [-0.4, -0.2) is 53.8 Å². The zero-order valence-corrected chi connectivity index (χ0v) is 18.7. The first-order valence-electron chi connectivity index (χ1n) is 9.66. The third-order valence-electron chi connectivity index (χ3n) is 5.13. The number of Topliss-reactive ketones (excluding diaryl/α,β-unsaturated/α-hetero) is 1. The first-order chi connectivity index (χ1) is 14.2. The smallest absolute Gasteiger partial charge is 0.295 e. The van der Waals surface area contributed by atoms with Crippen LogP contribution in [0.1, 0.15) is 29.2 Å². The molecule has 30 heavy (non-hydrogen) atoms. The highest BCUT2D eigenvalue weighted by atomic mass is 35.5. The van der Waals surface area contributed by atoms with Crippen molar-refractivity contribution in [3.05, 3.63) is 74.8 Å². The number of carbonyl (C=O) groups is 2. The molecule has 1 aliphatic rings. The molecule has 0 saturated carbocycles. The van der Waals surface area contributed by atoms with E-state index in [0.29, 0.717) is 34.1 Å². The molecule has 5 nitrogen and oxygen atoms in total. The van der Waals surface area contributed by atoms with Crippen LogP contribution in [0.15, 0.2) is 48.0 Å². The first-order valence-corrected chi connectivity index (χ1v) is 10.4. The van der Waals surface area contributed by atoms with Crippen LogP contribution in [0.3, 0.4) is 0 Å². The van der Waals surface area contributed by atoms with Gasteiger partial charge in [-0.3, -0.25) is 9.59 Å². The van der Waals surface area contributed by atoms with Crippen molar-refractivity contribution in [1.29, 1.82) is 0 Å². The van der Waals surface area contributed by atoms with Crippen molar-refractivity contribution in [2.24, 2.45) is 0 Å². The highest BCUT2D eigenvalue weighted by Crippen LogP contribution is 2.41. The number of aliphatic hydroxyl groups is 1. The molecule has 1 N–H and O–H groups in total. The van der Waals surface area contributed by atoms with Gasteiger partial charge in [-0.1, -0.05) is 59.1 Å². The van der Waals surface area contributed by atoms with Gasteiger partial charge in [-0.15, -0.1) is 0 Å².